The van der Waals surface area contributed by atoms with Crippen molar-refractivity contribution in [3.63, 3.8) is 0 Å². The van der Waals surface area contributed by atoms with Crippen molar-refractivity contribution in [2.45, 2.75) is 13.8 Å². The Bertz CT molecular complexity index is 579. The number of benzene rings is 1. The number of carbonyl (C=O) groups excluding carboxylic acids is 1. The van der Waals surface area contributed by atoms with Crippen LogP contribution in [-0.4, -0.2) is 10.9 Å². The van der Waals surface area contributed by atoms with Crippen LogP contribution >= 0.6 is 0 Å². The predicted octanol–water partition coefficient (Wildman–Crippen LogP) is 3.09. The second-order valence-corrected chi connectivity index (χ2v) is 4.14. The van der Waals surface area contributed by atoms with Gasteiger partial charge in [-0.15, -0.1) is 0 Å². The molecule has 2 rings (SSSR count). The molecule has 0 atom stereocenters. The van der Waals surface area contributed by atoms with Gasteiger partial charge in [0.25, 0.3) is 5.91 Å². The third kappa shape index (κ3) is 2.71. The number of halogens is 1. The first-order valence-electron chi connectivity index (χ1n) is 5.56. The number of hydrogen-bond acceptors (Lipinski definition) is 2. The van der Waals surface area contributed by atoms with E-state index >= 15 is 0 Å². The van der Waals surface area contributed by atoms with Crippen molar-refractivity contribution in [2.24, 2.45) is 0 Å². The summed E-state index contributed by atoms with van der Waals surface area (Å²) < 4.78 is 12.6. The maximum absolute atomic E-state index is 12.6. The van der Waals surface area contributed by atoms with E-state index in [-0.39, 0.29) is 5.91 Å². The molecule has 1 amide bonds. The van der Waals surface area contributed by atoms with E-state index in [9.17, 15) is 9.18 Å². The highest BCUT2D eigenvalue weighted by Gasteiger charge is 2.08. The van der Waals surface area contributed by atoms with Crippen molar-refractivity contribution < 1.29 is 9.18 Å². The first kappa shape index (κ1) is 12.2. The summed E-state index contributed by atoms with van der Waals surface area (Å²) in [5, 5.41) is 2.77. The van der Waals surface area contributed by atoms with Gasteiger partial charge in [-0.25, -0.2) is 4.98 Å². The van der Waals surface area contributed by atoms with E-state index in [4.69, 9.17) is 0 Å². The minimum absolute atomic E-state index is 0.297. The van der Waals surface area contributed by atoms with Crippen LogP contribution in [0.3, 0.4) is 0 Å². The zero-order valence-corrected chi connectivity index (χ0v) is 10.2. The SMILES string of the molecule is Cc1ccc(NC(=O)c2ccc(F)nc2)c(C)c1. The van der Waals surface area contributed by atoms with Crippen molar-refractivity contribution in [3.8, 4) is 0 Å². The van der Waals surface area contributed by atoms with Gasteiger partial charge in [0.05, 0.1) is 5.56 Å². The molecule has 3 nitrogen and oxygen atoms in total. The molecule has 1 heterocycles. The number of carbonyl (C=O) groups is 1. The van der Waals surface area contributed by atoms with Crippen LogP contribution in [-0.2, 0) is 0 Å². The van der Waals surface area contributed by atoms with E-state index < -0.39 is 5.95 Å². The lowest BCUT2D eigenvalue weighted by Gasteiger charge is -2.08. The molecule has 92 valence electrons. The smallest absolute Gasteiger partial charge is 0.257 e. The molecule has 0 saturated heterocycles. The number of aryl methyl sites for hydroxylation is 2. The zero-order chi connectivity index (χ0) is 13.1. The van der Waals surface area contributed by atoms with E-state index in [0.717, 1.165) is 22.9 Å². The highest BCUT2D eigenvalue weighted by Crippen LogP contribution is 2.16. The quantitative estimate of drug-likeness (QED) is 0.825. The van der Waals surface area contributed by atoms with Crippen molar-refractivity contribution in [1.82, 2.24) is 4.98 Å². The van der Waals surface area contributed by atoms with Crippen LogP contribution in [0.1, 0.15) is 21.5 Å². The summed E-state index contributed by atoms with van der Waals surface area (Å²) in [5.74, 6) is -0.896. The van der Waals surface area contributed by atoms with Gasteiger partial charge in [0.15, 0.2) is 0 Å². The number of anilines is 1. The molecule has 0 aliphatic rings. The number of hydrogen-bond donors (Lipinski definition) is 1. The minimum atomic E-state index is -0.599. The fraction of sp³-hybridized carbons (Fsp3) is 0.143. The van der Waals surface area contributed by atoms with Crippen LogP contribution in [0.5, 0.6) is 0 Å². The van der Waals surface area contributed by atoms with Crippen LogP contribution < -0.4 is 5.32 Å². The van der Waals surface area contributed by atoms with Gasteiger partial charge in [-0.3, -0.25) is 4.79 Å². The van der Waals surface area contributed by atoms with E-state index in [2.05, 4.69) is 10.3 Å². The van der Waals surface area contributed by atoms with Crippen molar-refractivity contribution in [1.29, 1.82) is 0 Å². The lowest BCUT2D eigenvalue weighted by molar-refractivity contribution is 0.102. The number of nitrogens with zero attached hydrogens (tertiary/aromatic N) is 1. The molecule has 0 spiro atoms. The number of amides is 1. The maximum atomic E-state index is 12.6. The summed E-state index contributed by atoms with van der Waals surface area (Å²) in [6, 6.07) is 8.32. The monoisotopic (exact) mass is 244 g/mol. The van der Waals surface area contributed by atoms with Crippen molar-refractivity contribution in [2.75, 3.05) is 5.32 Å². The minimum Gasteiger partial charge on any atom is -0.322 e. The predicted molar refractivity (Wildman–Crippen MR) is 68.1 cm³/mol. The molecule has 0 aliphatic heterocycles. The molecule has 0 saturated carbocycles. The van der Waals surface area contributed by atoms with Crippen molar-refractivity contribution in [3.05, 3.63) is 59.2 Å². The van der Waals surface area contributed by atoms with Gasteiger partial charge in [0.2, 0.25) is 5.95 Å². The highest BCUT2D eigenvalue weighted by molar-refractivity contribution is 6.04. The normalized spacial score (nSPS) is 10.2. The highest BCUT2D eigenvalue weighted by atomic mass is 19.1. The second-order valence-electron chi connectivity index (χ2n) is 4.14. The Kier molecular flexibility index (Phi) is 3.37. The van der Waals surface area contributed by atoms with Gasteiger partial charge in [-0.2, -0.15) is 4.39 Å². The molecule has 0 unspecified atom stereocenters. The van der Waals surface area contributed by atoms with Gasteiger partial charge in [-0.1, -0.05) is 17.7 Å². The van der Waals surface area contributed by atoms with E-state index in [1.165, 1.54) is 12.3 Å². The first-order chi connectivity index (χ1) is 8.56. The fourth-order valence-electron chi connectivity index (χ4n) is 1.66. The Labute approximate surface area is 105 Å². The second kappa shape index (κ2) is 4.96. The largest absolute Gasteiger partial charge is 0.322 e. The fourth-order valence-corrected chi connectivity index (χ4v) is 1.66. The van der Waals surface area contributed by atoms with Crippen LogP contribution in [0.2, 0.25) is 0 Å². The third-order valence-corrected chi connectivity index (χ3v) is 2.62. The molecular formula is C14H13FN2O. The number of pyridine rings is 1. The van der Waals surface area contributed by atoms with Crippen LogP contribution in [0.15, 0.2) is 36.5 Å². The number of aromatic nitrogens is 1. The Morgan fingerprint density at radius 2 is 2.00 bits per heavy atom. The van der Waals surface area contributed by atoms with Gasteiger partial charge in [0.1, 0.15) is 0 Å². The van der Waals surface area contributed by atoms with Crippen LogP contribution in [0.25, 0.3) is 0 Å². The Morgan fingerprint density at radius 1 is 1.22 bits per heavy atom. The lowest BCUT2D eigenvalue weighted by atomic mass is 10.1. The summed E-state index contributed by atoms with van der Waals surface area (Å²) in [7, 11) is 0. The summed E-state index contributed by atoms with van der Waals surface area (Å²) in [5.41, 5.74) is 3.19. The third-order valence-electron chi connectivity index (χ3n) is 2.62. The molecular weight excluding hydrogens is 231 g/mol. The maximum Gasteiger partial charge on any atom is 0.257 e. The Morgan fingerprint density at radius 3 is 2.61 bits per heavy atom. The number of nitrogens with one attached hydrogen (secondary N) is 1. The van der Waals surface area contributed by atoms with Gasteiger partial charge >= 0.3 is 0 Å². The van der Waals surface area contributed by atoms with E-state index in [1.807, 2.05) is 32.0 Å². The molecule has 18 heavy (non-hydrogen) atoms. The molecule has 1 aromatic heterocycles. The molecule has 4 heteroatoms. The summed E-state index contributed by atoms with van der Waals surface area (Å²) in [4.78, 5) is 15.3. The van der Waals surface area contributed by atoms with Gasteiger partial charge < -0.3 is 5.32 Å². The first-order valence-corrected chi connectivity index (χ1v) is 5.56. The Balaban J connectivity index is 2.18. The average Bonchev–Trinajstić information content (AvgIpc) is 2.33. The molecule has 2 aromatic rings. The summed E-state index contributed by atoms with van der Waals surface area (Å²) >= 11 is 0. The molecule has 0 aliphatic carbocycles. The topological polar surface area (TPSA) is 42.0 Å². The summed E-state index contributed by atoms with van der Waals surface area (Å²) in [6.45, 7) is 3.91. The van der Waals surface area contributed by atoms with Gasteiger partial charge in [-0.05, 0) is 37.6 Å². The van der Waals surface area contributed by atoms with E-state index in [1.54, 1.807) is 0 Å². The lowest BCUT2D eigenvalue weighted by Crippen LogP contribution is -2.13. The van der Waals surface area contributed by atoms with Gasteiger partial charge in [0, 0.05) is 11.9 Å². The number of rotatable bonds is 2. The molecule has 0 bridgehead atoms. The van der Waals surface area contributed by atoms with Crippen molar-refractivity contribution >= 4 is 11.6 Å². The zero-order valence-electron chi connectivity index (χ0n) is 10.2. The van der Waals surface area contributed by atoms with E-state index in [0.29, 0.717) is 5.56 Å². The van der Waals surface area contributed by atoms with Crippen LogP contribution in [0, 0.1) is 19.8 Å². The average molecular weight is 244 g/mol. The molecule has 0 fully saturated rings. The molecule has 1 N–H and O–H groups in total. The summed E-state index contributed by atoms with van der Waals surface area (Å²) in [6.07, 6.45) is 1.22. The molecule has 1 aromatic carbocycles. The Hall–Kier alpha value is -2.23. The van der Waals surface area contributed by atoms with Crippen LogP contribution in [0.4, 0.5) is 10.1 Å². The molecule has 0 radical (unpaired) electrons. The standard InChI is InChI=1S/C14H13FN2O/c1-9-3-5-12(10(2)7-9)17-14(18)11-4-6-13(15)16-8-11/h3-8H,1-2H3,(H,17,18).